The Hall–Kier alpha value is -4.96. The first-order valence-corrected chi connectivity index (χ1v) is 36.5. The molecule has 594 valence electrons. The number of aliphatic hydroxyl groups is 14. The van der Waals surface area contributed by atoms with Gasteiger partial charge in [-0.3, -0.25) is 19.2 Å². The summed E-state index contributed by atoms with van der Waals surface area (Å²) in [5.74, 6) is -15.0. The van der Waals surface area contributed by atoms with Crippen molar-refractivity contribution in [2.45, 2.75) is 221 Å². The van der Waals surface area contributed by atoms with Gasteiger partial charge in [0, 0.05) is 22.2 Å². The van der Waals surface area contributed by atoms with Crippen LogP contribution in [0.5, 0.6) is 0 Å². The van der Waals surface area contributed by atoms with E-state index in [1.807, 2.05) is 0 Å². The van der Waals surface area contributed by atoms with Crippen LogP contribution in [0.15, 0.2) is 119 Å². The average molecular weight is 1510 g/mol. The van der Waals surface area contributed by atoms with Gasteiger partial charge < -0.3 is 130 Å². The second-order valence-corrected chi connectivity index (χ2v) is 32.1. The van der Waals surface area contributed by atoms with Crippen LogP contribution >= 0.6 is 0 Å². The monoisotopic (exact) mass is 1510 g/mol. The quantitative estimate of drug-likeness (QED) is 0.0913. The van der Waals surface area contributed by atoms with Gasteiger partial charge in [0.05, 0.1) is 87.7 Å². The highest BCUT2D eigenvalue weighted by molar-refractivity contribution is 5.97. The molecule has 6 aliphatic heterocycles. The van der Waals surface area contributed by atoms with Gasteiger partial charge in [-0.15, -0.1) is 0 Å². The number of carbonyl (C=O) groups excluding carboxylic acids is 4. The number of hydrogen-bond acceptors (Lipinski definition) is 30. The lowest BCUT2D eigenvalue weighted by Crippen LogP contribution is -2.59. The fraction of sp³-hybridized carbons (Fsp3) is 0.688. The molecule has 30 nitrogen and oxygen atoms in total. The van der Waals surface area contributed by atoms with Crippen LogP contribution in [0, 0.1) is 69.5 Å². The Morgan fingerprint density at radius 1 is 0.439 bits per heavy atom. The molecule has 0 radical (unpaired) electrons. The highest BCUT2D eigenvalue weighted by Gasteiger charge is 2.67. The third-order valence-electron chi connectivity index (χ3n) is 25.2. The number of ketones is 4. The molecular weight excluding hydrogens is 1400 g/mol. The van der Waals surface area contributed by atoms with Crippen molar-refractivity contribution < 1.29 is 149 Å². The number of ether oxygens (including phenoxy) is 8. The largest absolute Gasteiger partial charge is 0.830 e. The summed E-state index contributed by atoms with van der Waals surface area (Å²) in [6, 6.07) is 0. The lowest BCUT2D eigenvalue weighted by Gasteiger charge is -2.48. The van der Waals surface area contributed by atoms with Gasteiger partial charge in [0.15, 0.2) is 35.7 Å². The molecule has 5 aliphatic carbocycles. The minimum atomic E-state index is -2.31. The number of fused-ring (bicyclic) bond motifs is 4. The summed E-state index contributed by atoms with van der Waals surface area (Å²) < 4.78 is 48.1. The zero-order valence-corrected chi connectivity index (χ0v) is 61.0. The van der Waals surface area contributed by atoms with Gasteiger partial charge in [-0.1, -0.05) is 113 Å². The molecule has 24 unspecified atom stereocenters. The smallest absolute Gasteiger partial charge is 0.187 e. The molecule has 4 spiro atoms. The Morgan fingerprint density at radius 2 is 0.804 bits per heavy atom. The Balaban J connectivity index is 1.01. The zero-order valence-electron chi connectivity index (χ0n) is 61.0. The Morgan fingerprint density at radius 3 is 1.24 bits per heavy atom. The first-order valence-electron chi connectivity index (χ1n) is 36.5. The number of carbonyl (C=O) groups is 4. The molecule has 0 aromatic rings. The Kier molecular flexibility index (Phi) is 24.2. The third-order valence-corrected chi connectivity index (χ3v) is 25.2. The minimum Gasteiger partial charge on any atom is -0.830 e. The van der Waals surface area contributed by atoms with E-state index in [0.717, 1.165) is 12.2 Å². The fourth-order valence-corrected chi connectivity index (χ4v) is 18.3. The highest BCUT2D eigenvalue weighted by Crippen LogP contribution is 2.59. The molecule has 30 heteroatoms. The second kappa shape index (κ2) is 31.2. The van der Waals surface area contributed by atoms with Crippen LogP contribution in [-0.2, 0) is 57.1 Å². The van der Waals surface area contributed by atoms with Crippen molar-refractivity contribution >= 4 is 23.1 Å². The van der Waals surface area contributed by atoms with Crippen LogP contribution in [0.25, 0.3) is 0 Å². The van der Waals surface area contributed by atoms with Crippen LogP contribution in [0.1, 0.15) is 88.0 Å². The van der Waals surface area contributed by atoms with E-state index >= 15 is 19.2 Å². The maximum Gasteiger partial charge on any atom is 0.187 e. The lowest BCUT2D eigenvalue weighted by molar-refractivity contribution is -0.506. The SMILES string of the molecule is C/C1=C\C=C\C2(C)C=C(CO[C@H]3O[C@H](CO)[C@H](O)[C@H](O)[C@H]3O)C(C)CC23OC([O-])C(C3=O)C(O)/C=C/C2(C)C=C(CO)C(C)CC23OC([O-])C(C3=O)C(O)/C(C)=C/C=C/C2C=C(CO[C@H]3O[C@H](CO)[C@H](O)[C@H](O)[C@H]3O)C(C)CC23OC([O-])C(C3=O)C(O)/C=C/C2(C)C=C(CO)C(C)CC23OC([O-])C(C3=O)C1O. The van der Waals surface area contributed by atoms with E-state index in [-0.39, 0.29) is 50.0 Å². The first-order chi connectivity index (χ1) is 50.2. The first kappa shape index (κ1) is 83.0. The van der Waals surface area contributed by atoms with Crippen LogP contribution in [-0.4, -0.2) is 268 Å². The van der Waals surface area contributed by atoms with Gasteiger partial charge in [-0.2, -0.15) is 0 Å². The summed E-state index contributed by atoms with van der Waals surface area (Å²) in [6.45, 7) is 10.6. The van der Waals surface area contributed by atoms with Crippen molar-refractivity contribution in [3.8, 4) is 0 Å². The molecule has 0 amide bonds. The number of aliphatic hydroxyl groups excluding tert-OH is 14. The fourth-order valence-electron chi connectivity index (χ4n) is 18.3. The van der Waals surface area contributed by atoms with E-state index in [4.69, 9.17) is 37.9 Å². The standard InChI is InChI=1S/C77H102O30/c1-34-12-10-14-44-20-40(32-100-69-59(90)57(88)55(86)47(30-80)102-69)36(3)21-74(44)61(92)49(65(96)104-74)45(82)15-18-72(8)25-41(28-78)38(5)23-77(72)64(95)52(68(99)107-77)54(85)35(2)13-11-17-71(7)27-43(33-101-70-60(91)58(89)56(87)48(31-81)103-70)39(6)24-75(71)62(93)50(66(97)105-75)46(83)16-19-73(9)26-42(29-79)37(4)22-76(73)63(94)51(53(34)84)67(98)106-76/h10-20,25-27,36-39,44-60,65-70,78-91H,21-24,28-33H2,1-9H3/q-4/b14-10+,17-11+,18-15+,19-16+,34-12+,35-13+/t36?,37?,38?,39?,44?,45?,46?,47-,48-,49?,50?,51?,52?,53?,54?,55+,56+,57+,58+,59-,60-,65?,66?,67?,68?,69+,70+,71?,72?,73?,74?,75?,76?,77?/m1/s1. The molecule has 6 saturated heterocycles. The zero-order chi connectivity index (χ0) is 78.5. The van der Waals surface area contributed by atoms with Gasteiger partial charge >= 0.3 is 0 Å². The van der Waals surface area contributed by atoms with Gasteiger partial charge in [-0.25, -0.2) is 0 Å². The van der Waals surface area contributed by atoms with Crippen LogP contribution in [0.3, 0.4) is 0 Å². The number of rotatable bonds is 10. The average Bonchev–Trinajstić information content (AvgIpc) is 1.59. The van der Waals surface area contributed by atoms with Crippen LogP contribution in [0.2, 0.25) is 0 Å². The van der Waals surface area contributed by atoms with Crippen molar-refractivity contribution in [3.63, 3.8) is 0 Å². The summed E-state index contributed by atoms with van der Waals surface area (Å²) in [7, 11) is 0. The Labute approximate surface area is 618 Å². The van der Waals surface area contributed by atoms with Crippen LogP contribution in [0.4, 0.5) is 0 Å². The van der Waals surface area contributed by atoms with Gasteiger partial charge in [0.25, 0.3) is 0 Å². The van der Waals surface area contributed by atoms with Crippen molar-refractivity contribution in [1.29, 1.82) is 0 Å². The summed E-state index contributed by atoms with van der Waals surface area (Å²) >= 11 is 0. The predicted octanol–water partition coefficient (Wildman–Crippen LogP) is -4.76. The molecule has 0 aromatic heterocycles. The number of allylic oxidation sites excluding steroid dienone is 4. The van der Waals surface area contributed by atoms with Crippen molar-refractivity contribution in [1.82, 2.24) is 0 Å². The molecule has 0 aromatic carbocycles. The predicted molar refractivity (Wildman–Crippen MR) is 361 cm³/mol. The van der Waals surface area contributed by atoms with Gasteiger partial charge in [-0.05, 0) is 143 Å². The van der Waals surface area contributed by atoms with Crippen molar-refractivity contribution in [2.24, 2.45) is 69.5 Å². The molecule has 11 aliphatic rings. The summed E-state index contributed by atoms with van der Waals surface area (Å²) in [4.78, 5) is 61.8. The number of Topliss-reactive ketones (excluding diaryl/α,β-unsaturated/α-hetero) is 4. The molecule has 14 N–H and O–H groups in total. The van der Waals surface area contributed by atoms with Crippen LogP contribution < -0.4 is 20.4 Å². The molecule has 11 rings (SSSR count). The minimum absolute atomic E-state index is 0.00140. The maximum atomic E-state index is 15.6. The van der Waals surface area contributed by atoms with Crippen molar-refractivity contribution in [2.75, 3.05) is 39.6 Å². The molecular formula is C77H102O30-4. The van der Waals surface area contributed by atoms with E-state index < -0.39 is 252 Å². The number of hydrogen-bond donors (Lipinski definition) is 14. The normalized spacial score (nSPS) is 51.4. The van der Waals surface area contributed by atoms with E-state index in [9.17, 15) is 91.9 Å². The molecule has 6 fully saturated rings. The molecule has 0 saturated carbocycles. The summed E-state index contributed by atoms with van der Waals surface area (Å²) in [5.41, 5.74) is -12.2. The van der Waals surface area contributed by atoms with E-state index in [2.05, 4.69) is 0 Å². The molecule has 6 heterocycles. The van der Waals surface area contributed by atoms with Crippen molar-refractivity contribution in [3.05, 3.63) is 119 Å². The molecule has 107 heavy (non-hydrogen) atoms. The maximum absolute atomic E-state index is 15.6. The second-order valence-electron chi connectivity index (χ2n) is 32.1. The van der Waals surface area contributed by atoms with Gasteiger partial charge in [0.2, 0.25) is 0 Å². The topological polar surface area (TPSA) is 518 Å². The molecule has 34 atom stereocenters. The molecule has 8 bridgehead atoms. The highest BCUT2D eigenvalue weighted by atomic mass is 16.7. The van der Waals surface area contributed by atoms with E-state index in [1.165, 1.54) is 101 Å². The van der Waals surface area contributed by atoms with Gasteiger partial charge in [0.1, 0.15) is 71.2 Å². The summed E-state index contributed by atoms with van der Waals surface area (Å²) in [5, 5.41) is 212. The third kappa shape index (κ3) is 14.0. The summed E-state index contributed by atoms with van der Waals surface area (Å²) in [6.07, 6.45) is -15.4. The van der Waals surface area contributed by atoms with E-state index in [1.54, 1.807) is 33.8 Å². The Bertz CT molecular complexity index is 3680. The van der Waals surface area contributed by atoms with E-state index in [0.29, 0.717) is 22.3 Å². The lowest BCUT2D eigenvalue weighted by atomic mass is 9.59.